The normalized spacial score (nSPS) is 18.9. The highest BCUT2D eigenvalue weighted by Gasteiger charge is 2.12. The van der Waals surface area contributed by atoms with Crippen LogP contribution in [0, 0.1) is 0 Å². The number of halogens is 1. The fraction of sp³-hybridized carbons (Fsp3) is 0.500. The van der Waals surface area contributed by atoms with E-state index in [1.165, 1.54) is 5.56 Å². The van der Waals surface area contributed by atoms with E-state index in [4.69, 9.17) is 11.6 Å². The van der Waals surface area contributed by atoms with E-state index < -0.39 is 0 Å². The van der Waals surface area contributed by atoms with Gasteiger partial charge in [0.15, 0.2) is 0 Å². The molecule has 3 nitrogen and oxygen atoms in total. The zero-order valence-corrected chi connectivity index (χ0v) is 10.4. The summed E-state index contributed by atoms with van der Waals surface area (Å²) in [5, 5.41) is 3.08. The van der Waals surface area contributed by atoms with E-state index in [2.05, 4.69) is 28.4 Å². The van der Waals surface area contributed by atoms with Crippen molar-refractivity contribution in [2.75, 3.05) is 33.2 Å². The van der Waals surface area contributed by atoms with Gasteiger partial charge in [-0.1, -0.05) is 23.7 Å². The molecule has 16 heavy (non-hydrogen) atoms. The minimum absolute atomic E-state index is 0.803. The molecule has 2 rings (SSSR count). The van der Waals surface area contributed by atoms with Crippen LogP contribution < -0.4 is 5.43 Å². The van der Waals surface area contributed by atoms with Crippen LogP contribution in [-0.4, -0.2) is 43.1 Å². The summed E-state index contributed by atoms with van der Waals surface area (Å²) in [6, 6.07) is 7.99. The zero-order chi connectivity index (χ0) is 11.4. The Balaban J connectivity index is 1.79. The molecule has 0 aromatic heterocycles. The molecule has 0 aliphatic carbocycles. The maximum Gasteiger partial charge on any atom is 0.0409 e. The summed E-state index contributed by atoms with van der Waals surface area (Å²) in [4.78, 5) is 2.34. The summed E-state index contributed by atoms with van der Waals surface area (Å²) in [6.45, 7) is 5.27. The van der Waals surface area contributed by atoms with Gasteiger partial charge in [-0.25, -0.2) is 5.01 Å². The van der Waals surface area contributed by atoms with Crippen molar-refractivity contribution in [3.8, 4) is 0 Å². The smallest absolute Gasteiger partial charge is 0.0409 e. The monoisotopic (exact) mass is 239 g/mol. The van der Waals surface area contributed by atoms with Crippen molar-refractivity contribution >= 4 is 11.6 Å². The lowest BCUT2D eigenvalue weighted by molar-refractivity contribution is 0.102. The predicted molar refractivity (Wildman–Crippen MR) is 67.4 cm³/mol. The zero-order valence-electron chi connectivity index (χ0n) is 9.62. The topological polar surface area (TPSA) is 18.5 Å². The maximum absolute atomic E-state index is 5.94. The van der Waals surface area contributed by atoms with E-state index in [1.54, 1.807) is 0 Å². The quantitative estimate of drug-likeness (QED) is 0.865. The summed E-state index contributed by atoms with van der Waals surface area (Å²) in [6.07, 6.45) is 0. The molecular weight excluding hydrogens is 222 g/mol. The number of nitrogens with zero attached hydrogens (tertiary/aromatic N) is 2. The Labute approximate surface area is 102 Å². The highest BCUT2D eigenvalue weighted by atomic mass is 35.5. The maximum atomic E-state index is 5.94. The molecule has 0 bridgehead atoms. The lowest BCUT2D eigenvalue weighted by Crippen LogP contribution is -2.50. The van der Waals surface area contributed by atoms with Crippen molar-refractivity contribution in [2.24, 2.45) is 0 Å². The molecule has 1 saturated heterocycles. The first-order valence-electron chi connectivity index (χ1n) is 5.65. The first-order chi connectivity index (χ1) is 7.74. The van der Waals surface area contributed by atoms with Crippen LogP contribution in [0.2, 0.25) is 5.02 Å². The molecule has 1 aliphatic heterocycles. The van der Waals surface area contributed by atoms with Crippen molar-refractivity contribution in [2.45, 2.75) is 6.54 Å². The average molecular weight is 240 g/mol. The highest BCUT2D eigenvalue weighted by Crippen LogP contribution is 2.10. The van der Waals surface area contributed by atoms with Crippen LogP contribution >= 0.6 is 11.6 Å². The molecule has 1 aliphatic rings. The number of likely N-dealkylation sites (N-methyl/N-ethyl adjacent to an activating group) is 1. The molecule has 1 aromatic rings. The van der Waals surface area contributed by atoms with Crippen molar-refractivity contribution in [3.05, 3.63) is 34.9 Å². The largest absolute Gasteiger partial charge is 0.304 e. The van der Waals surface area contributed by atoms with E-state index >= 15 is 0 Å². The van der Waals surface area contributed by atoms with Crippen LogP contribution in [0.1, 0.15) is 5.56 Å². The second-order valence-electron chi connectivity index (χ2n) is 4.26. The number of hydrogen-bond donors (Lipinski definition) is 1. The number of benzene rings is 1. The molecule has 0 radical (unpaired) electrons. The van der Waals surface area contributed by atoms with Crippen LogP contribution in [0.5, 0.6) is 0 Å². The van der Waals surface area contributed by atoms with E-state index in [-0.39, 0.29) is 0 Å². The molecule has 0 saturated carbocycles. The van der Waals surface area contributed by atoms with Gasteiger partial charge < -0.3 is 4.90 Å². The Morgan fingerprint density at radius 2 is 2.00 bits per heavy atom. The van der Waals surface area contributed by atoms with Crippen molar-refractivity contribution in [1.29, 1.82) is 0 Å². The third-order valence-electron chi connectivity index (χ3n) is 2.90. The van der Waals surface area contributed by atoms with Crippen LogP contribution in [0.25, 0.3) is 0 Å². The first kappa shape index (κ1) is 11.9. The Bertz CT molecular complexity index is 335. The minimum Gasteiger partial charge on any atom is -0.304 e. The summed E-state index contributed by atoms with van der Waals surface area (Å²) in [5.41, 5.74) is 4.66. The Morgan fingerprint density at radius 3 is 2.69 bits per heavy atom. The van der Waals surface area contributed by atoms with Gasteiger partial charge in [-0.2, -0.15) is 0 Å². The molecule has 1 N–H and O–H groups in total. The van der Waals surface area contributed by atoms with Crippen LogP contribution in [0.15, 0.2) is 24.3 Å². The lowest BCUT2D eigenvalue weighted by atomic mass is 10.2. The molecule has 0 atom stereocenters. The Morgan fingerprint density at radius 1 is 1.25 bits per heavy atom. The molecule has 1 fully saturated rings. The second kappa shape index (κ2) is 5.64. The van der Waals surface area contributed by atoms with Crippen molar-refractivity contribution < 1.29 is 0 Å². The molecule has 1 heterocycles. The molecular formula is C12H18ClN3. The van der Waals surface area contributed by atoms with Gasteiger partial charge in [0.05, 0.1) is 0 Å². The van der Waals surface area contributed by atoms with Gasteiger partial charge in [-0.15, -0.1) is 0 Å². The van der Waals surface area contributed by atoms with Gasteiger partial charge in [-0.3, -0.25) is 5.43 Å². The summed E-state index contributed by atoms with van der Waals surface area (Å²) < 4.78 is 0. The van der Waals surface area contributed by atoms with Crippen LogP contribution in [0.3, 0.4) is 0 Å². The number of nitrogens with one attached hydrogen (secondary N) is 1. The fourth-order valence-corrected chi connectivity index (χ4v) is 2.03. The highest BCUT2D eigenvalue weighted by molar-refractivity contribution is 6.30. The van der Waals surface area contributed by atoms with E-state index in [9.17, 15) is 0 Å². The number of hydrazine groups is 1. The van der Waals surface area contributed by atoms with Crippen LogP contribution in [-0.2, 0) is 6.54 Å². The SMILES string of the molecule is CN1CCN(NCc2cccc(Cl)c2)CC1. The Kier molecular flexibility index (Phi) is 4.18. The summed E-state index contributed by atoms with van der Waals surface area (Å²) in [7, 11) is 2.16. The molecule has 88 valence electrons. The molecule has 0 amide bonds. The predicted octanol–water partition coefficient (Wildman–Crippen LogP) is 1.59. The number of piperazine rings is 1. The minimum atomic E-state index is 0.803. The number of hydrogen-bond acceptors (Lipinski definition) is 3. The average Bonchev–Trinajstić information content (AvgIpc) is 2.28. The van der Waals surface area contributed by atoms with E-state index in [1.807, 2.05) is 18.2 Å². The van der Waals surface area contributed by atoms with Gasteiger partial charge in [0.1, 0.15) is 0 Å². The number of rotatable bonds is 3. The van der Waals surface area contributed by atoms with Crippen molar-refractivity contribution in [1.82, 2.24) is 15.3 Å². The van der Waals surface area contributed by atoms with Gasteiger partial charge in [0, 0.05) is 37.7 Å². The fourth-order valence-electron chi connectivity index (χ4n) is 1.81. The van der Waals surface area contributed by atoms with E-state index in [0.717, 1.165) is 37.7 Å². The van der Waals surface area contributed by atoms with Gasteiger partial charge >= 0.3 is 0 Å². The second-order valence-corrected chi connectivity index (χ2v) is 4.69. The Hall–Kier alpha value is -0.610. The van der Waals surface area contributed by atoms with Gasteiger partial charge in [0.2, 0.25) is 0 Å². The molecule has 0 spiro atoms. The third kappa shape index (κ3) is 3.46. The van der Waals surface area contributed by atoms with Gasteiger partial charge in [-0.05, 0) is 24.7 Å². The molecule has 1 aromatic carbocycles. The summed E-state index contributed by atoms with van der Waals surface area (Å²) >= 11 is 5.94. The van der Waals surface area contributed by atoms with Crippen LogP contribution in [0.4, 0.5) is 0 Å². The standard InChI is InChI=1S/C12H18ClN3/c1-15-5-7-16(8-6-15)14-10-11-3-2-4-12(13)9-11/h2-4,9,14H,5-8,10H2,1H3. The first-order valence-corrected chi connectivity index (χ1v) is 6.03. The third-order valence-corrected chi connectivity index (χ3v) is 3.13. The van der Waals surface area contributed by atoms with Gasteiger partial charge in [0.25, 0.3) is 0 Å². The van der Waals surface area contributed by atoms with E-state index in [0.29, 0.717) is 0 Å². The molecule has 0 unspecified atom stereocenters. The molecule has 4 heteroatoms. The summed E-state index contributed by atoms with van der Waals surface area (Å²) in [5.74, 6) is 0. The van der Waals surface area contributed by atoms with Crippen molar-refractivity contribution in [3.63, 3.8) is 0 Å². The lowest BCUT2D eigenvalue weighted by Gasteiger charge is -2.32.